The highest BCUT2D eigenvalue weighted by Gasteiger charge is 2.34. The van der Waals surface area contributed by atoms with Crippen LogP contribution in [0.15, 0.2) is 18.5 Å². The Morgan fingerprint density at radius 1 is 1.44 bits per heavy atom. The van der Waals surface area contributed by atoms with E-state index in [1.54, 1.807) is 14.0 Å². The molecule has 0 aliphatic rings. The lowest BCUT2D eigenvalue weighted by Gasteiger charge is -2.17. The molecule has 0 aliphatic carbocycles. The lowest BCUT2D eigenvalue weighted by atomic mass is 9.95. The summed E-state index contributed by atoms with van der Waals surface area (Å²) >= 11 is 0. The van der Waals surface area contributed by atoms with Crippen molar-refractivity contribution < 1.29 is 13.2 Å². The minimum Gasteiger partial charge on any atom is -0.320 e. The van der Waals surface area contributed by atoms with Gasteiger partial charge in [0.25, 0.3) is 0 Å². The molecule has 1 aromatic heterocycles. The van der Waals surface area contributed by atoms with Crippen LogP contribution in [-0.2, 0) is 6.18 Å². The maximum Gasteiger partial charge on any atom is 0.416 e. The van der Waals surface area contributed by atoms with Crippen molar-refractivity contribution in [1.29, 1.82) is 0 Å². The molecule has 0 bridgehead atoms. The smallest absolute Gasteiger partial charge is 0.320 e. The summed E-state index contributed by atoms with van der Waals surface area (Å²) in [5.74, 6) is -0.155. The predicted molar refractivity (Wildman–Crippen MR) is 56.2 cm³/mol. The zero-order chi connectivity index (χ0) is 12.2. The van der Waals surface area contributed by atoms with Crippen molar-refractivity contribution in [2.75, 3.05) is 13.6 Å². The van der Waals surface area contributed by atoms with Crippen LogP contribution in [0.25, 0.3) is 0 Å². The van der Waals surface area contributed by atoms with Gasteiger partial charge in [-0.2, -0.15) is 13.2 Å². The molecule has 1 heterocycles. The number of hydrogen-bond acceptors (Lipinski definition) is 2. The molecule has 1 atom stereocenters. The van der Waals surface area contributed by atoms with Gasteiger partial charge in [-0.3, -0.25) is 4.98 Å². The third-order valence-electron chi connectivity index (χ3n) is 2.52. The van der Waals surface area contributed by atoms with Gasteiger partial charge in [0.1, 0.15) is 0 Å². The molecule has 0 amide bonds. The van der Waals surface area contributed by atoms with E-state index in [0.717, 1.165) is 6.07 Å². The van der Waals surface area contributed by atoms with E-state index in [-0.39, 0.29) is 11.5 Å². The minimum absolute atomic E-state index is 0.155. The summed E-state index contributed by atoms with van der Waals surface area (Å²) in [5.41, 5.74) is -0.309. The highest BCUT2D eigenvalue weighted by Crippen LogP contribution is 2.35. The van der Waals surface area contributed by atoms with E-state index in [1.807, 2.05) is 0 Å². The van der Waals surface area contributed by atoms with Crippen LogP contribution in [0.2, 0.25) is 0 Å². The second-order valence-corrected chi connectivity index (χ2v) is 3.75. The number of pyridine rings is 1. The zero-order valence-electron chi connectivity index (χ0n) is 9.30. The molecule has 5 heteroatoms. The number of nitrogens with one attached hydrogen (secondary N) is 1. The number of nitrogens with zero attached hydrogens (tertiary/aromatic N) is 1. The average molecular weight is 232 g/mol. The van der Waals surface area contributed by atoms with Crippen LogP contribution in [-0.4, -0.2) is 18.6 Å². The first-order valence-corrected chi connectivity index (χ1v) is 5.12. The number of aromatic nitrogens is 1. The Kier molecular flexibility index (Phi) is 4.29. The zero-order valence-corrected chi connectivity index (χ0v) is 9.30. The molecule has 1 aromatic rings. The summed E-state index contributed by atoms with van der Waals surface area (Å²) in [6, 6.07) is 1.03. The van der Waals surface area contributed by atoms with Crippen LogP contribution in [0.4, 0.5) is 13.2 Å². The van der Waals surface area contributed by atoms with Crippen LogP contribution in [0, 0.1) is 0 Å². The first-order chi connectivity index (χ1) is 7.46. The minimum atomic E-state index is -4.30. The second-order valence-electron chi connectivity index (χ2n) is 3.75. The largest absolute Gasteiger partial charge is 0.416 e. The average Bonchev–Trinajstić information content (AvgIpc) is 2.24. The van der Waals surface area contributed by atoms with Crippen LogP contribution in [0.5, 0.6) is 0 Å². The molecule has 1 rings (SSSR count). The van der Waals surface area contributed by atoms with Crippen LogP contribution >= 0.6 is 0 Å². The van der Waals surface area contributed by atoms with E-state index in [4.69, 9.17) is 0 Å². The molecule has 16 heavy (non-hydrogen) atoms. The topological polar surface area (TPSA) is 24.9 Å². The van der Waals surface area contributed by atoms with Crippen molar-refractivity contribution in [3.05, 3.63) is 29.6 Å². The SMILES string of the molecule is CNCCC(C)c1cnccc1C(F)(F)F. The Labute approximate surface area is 92.9 Å². The fourth-order valence-electron chi connectivity index (χ4n) is 1.57. The highest BCUT2D eigenvalue weighted by molar-refractivity contribution is 5.29. The summed E-state index contributed by atoms with van der Waals surface area (Å²) in [6.07, 6.45) is -1.16. The summed E-state index contributed by atoms with van der Waals surface area (Å²) in [5, 5.41) is 2.92. The van der Waals surface area contributed by atoms with Crippen LogP contribution in [0.1, 0.15) is 30.4 Å². The predicted octanol–water partition coefficient (Wildman–Crippen LogP) is 2.81. The molecule has 90 valence electrons. The molecule has 1 unspecified atom stereocenters. The molecular weight excluding hydrogens is 217 g/mol. The van der Waals surface area contributed by atoms with Crippen molar-refractivity contribution in [3.63, 3.8) is 0 Å². The van der Waals surface area contributed by atoms with Crippen LogP contribution in [0.3, 0.4) is 0 Å². The fraction of sp³-hybridized carbons (Fsp3) is 0.545. The van der Waals surface area contributed by atoms with Gasteiger partial charge in [-0.25, -0.2) is 0 Å². The first kappa shape index (κ1) is 13.0. The highest BCUT2D eigenvalue weighted by atomic mass is 19.4. The third-order valence-corrected chi connectivity index (χ3v) is 2.52. The monoisotopic (exact) mass is 232 g/mol. The molecule has 1 N–H and O–H groups in total. The van der Waals surface area contributed by atoms with Crippen molar-refractivity contribution >= 4 is 0 Å². The summed E-state index contributed by atoms with van der Waals surface area (Å²) in [7, 11) is 1.78. The Hall–Kier alpha value is -1.10. The van der Waals surface area contributed by atoms with Gasteiger partial charge in [0.15, 0.2) is 0 Å². The van der Waals surface area contributed by atoms with Gasteiger partial charge in [-0.05, 0) is 37.6 Å². The maximum absolute atomic E-state index is 12.7. The summed E-state index contributed by atoms with van der Waals surface area (Å²) in [6.45, 7) is 2.47. The standard InChI is InChI=1S/C11H15F3N2/c1-8(3-5-15-2)9-7-16-6-4-10(9)11(12,13)14/h4,6-8,15H,3,5H2,1-2H3. The van der Waals surface area contributed by atoms with Crippen LogP contribution < -0.4 is 5.32 Å². The third kappa shape index (κ3) is 3.20. The Morgan fingerprint density at radius 3 is 2.69 bits per heavy atom. The molecule has 0 spiro atoms. The molecule has 0 aliphatic heterocycles. The second kappa shape index (κ2) is 5.30. The Balaban J connectivity index is 2.94. The lowest BCUT2D eigenvalue weighted by molar-refractivity contribution is -0.138. The van der Waals surface area contributed by atoms with E-state index < -0.39 is 11.7 Å². The van der Waals surface area contributed by atoms with E-state index in [0.29, 0.717) is 13.0 Å². The molecule has 0 saturated carbocycles. The quantitative estimate of drug-likeness (QED) is 0.863. The lowest BCUT2D eigenvalue weighted by Crippen LogP contribution is -2.15. The van der Waals surface area contributed by atoms with Gasteiger partial charge in [0.2, 0.25) is 0 Å². The molecule has 0 aromatic carbocycles. The van der Waals surface area contributed by atoms with Crippen molar-refractivity contribution in [2.45, 2.75) is 25.4 Å². The fourth-order valence-corrected chi connectivity index (χ4v) is 1.57. The summed E-state index contributed by atoms with van der Waals surface area (Å²) in [4.78, 5) is 3.77. The molecular formula is C11H15F3N2. The van der Waals surface area contributed by atoms with Crippen molar-refractivity contribution in [2.24, 2.45) is 0 Å². The Bertz CT molecular complexity index is 336. The normalized spacial score (nSPS) is 13.8. The van der Waals surface area contributed by atoms with Crippen molar-refractivity contribution in [3.8, 4) is 0 Å². The van der Waals surface area contributed by atoms with Gasteiger partial charge in [-0.15, -0.1) is 0 Å². The molecule has 0 radical (unpaired) electrons. The molecule has 0 saturated heterocycles. The van der Waals surface area contributed by atoms with E-state index in [1.165, 1.54) is 12.4 Å². The number of alkyl halides is 3. The van der Waals surface area contributed by atoms with Gasteiger partial charge >= 0.3 is 6.18 Å². The maximum atomic E-state index is 12.7. The van der Waals surface area contributed by atoms with Crippen molar-refractivity contribution in [1.82, 2.24) is 10.3 Å². The Morgan fingerprint density at radius 2 is 2.12 bits per heavy atom. The van der Waals surface area contributed by atoms with E-state index in [9.17, 15) is 13.2 Å². The summed E-state index contributed by atoms with van der Waals surface area (Å²) < 4.78 is 38.1. The van der Waals surface area contributed by atoms with E-state index in [2.05, 4.69) is 10.3 Å². The first-order valence-electron chi connectivity index (χ1n) is 5.12. The van der Waals surface area contributed by atoms with E-state index >= 15 is 0 Å². The van der Waals surface area contributed by atoms with Gasteiger partial charge in [0.05, 0.1) is 5.56 Å². The number of rotatable bonds is 4. The number of halogens is 3. The number of hydrogen-bond donors (Lipinski definition) is 1. The van der Waals surface area contributed by atoms with Gasteiger partial charge in [0, 0.05) is 12.4 Å². The molecule has 2 nitrogen and oxygen atoms in total. The van der Waals surface area contributed by atoms with Gasteiger partial charge < -0.3 is 5.32 Å². The van der Waals surface area contributed by atoms with Gasteiger partial charge in [-0.1, -0.05) is 6.92 Å². The molecule has 0 fully saturated rings.